The molecule has 1 saturated carbocycles. The molecule has 0 bridgehead atoms. The van der Waals surface area contributed by atoms with Gasteiger partial charge in [-0.15, -0.1) is 0 Å². The summed E-state index contributed by atoms with van der Waals surface area (Å²) in [7, 11) is 1.72. The molecule has 1 fully saturated rings. The van der Waals surface area contributed by atoms with Gasteiger partial charge in [-0.25, -0.2) is 0 Å². The highest BCUT2D eigenvalue weighted by molar-refractivity contribution is 5.30. The van der Waals surface area contributed by atoms with Crippen molar-refractivity contribution in [2.75, 3.05) is 7.11 Å². The first kappa shape index (κ1) is 14.4. The minimum absolute atomic E-state index is 0.372. The second kappa shape index (κ2) is 5.54. The Hall–Kier alpha value is -1.02. The number of hydrogen-bond donors (Lipinski definition) is 1. The zero-order chi connectivity index (χ0) is 14.0. The highest BCUT2D eigenvalue weighted by Gasteiger charge is 2.36. The van der Waals surface area contributed by atoms with Crippen molar-refractivity contribution < 1.29 is 4.74 Å². The van der Waals surface area contributed by atoms with Gasteiger partial charge in [0.25, 0.3) is 0 Å². The Morgan fingerprint density at radius 2 is 2.05 bits per heavy atom. The Labute approximate surface area is 117 Å². The number of benzene rings is 1. The van der Waals surface area contributed by atoms with Crippen molar-refractivity contribution in [3.05, 3.63) is 29.8 Å². The normalized spacial score (nSPS) is 27.2. The van der Waals surface area contributed by atoms with Crippen LogP contribution in [-0.4, -0.2) is 13.2 Å². The first-order chi connectivity index (χ1) is 8.91. The maximum absolute atomic E-state index is 5.30. The standard InChI is InChI=1S/C17H27NO/c1-12-10-17(3,4)11-16(12)18-13(2)14-7-6-8-15(9-14)19-5/h6-9,12-13,16,18H,10-11H2,1-5H3/t12?,13-,16?/m0/s1. The van der Waals surface area contributed by atoms with Crippen molar-refractivity contribution in [1.82, 2.24) is 5.32 Å². The van der Waals surface area contributed by atoms with E-state index in [1.54, 1.807) is 7.11 Å². The molecule has 2 heteroatoms. The molecule has 3 atom stereocenters. The molecule has 1 aliphatic carbocycles. The van der Waals surface area contributed by atoms with Gasteiger partial charge in [0.2, 0.25) is 0 Å². The van der Waals surface area contributed by atoms with Crippen molar-refractivity contribution in [2.24, 2.45) is 11.3 Å². The molecule has 1 aromatic carbocycles. The molecule has 19 heavy (non-hydrogen) atoms. The number of methoxy groups -OCH3 is 1. The van der Waals surface area contributed by atoms with E-state index in [-0.39, 0.29) is 0 Å². The lowest BCUT2D eigenvalue weighted by Gasteiger charge is -2.24. The lowest BCUT2D eigenvalue weighted by molar-refractivity contribution is 0.356. The molecular weight excluding hydrogens is 234 g/mol. The highest BCUT2D eigenvalue weighted by atomic mass is 16.5. The third-order valence-electron chi connectivity index (χ3n) is 4.39. The first-order valence-electron chi connectivity index (χ1n) is 7.31. The molecule has 106 valence electrons. The molecule has 0 amide bonds. The zero-order valence-corrected chi connectivity index (χ0v) is 12.9. The Balaban J connectivity index is 2.02. The number of ether oxygens (including phenoxy) is 1. The summed E-state index contributed by atoms with van der Waals surface area (Å²) in [6, 6.07) is 9.35. The van der Waals surface area contributed by atoms with Crippen LogP contribution in [0.15, 0.2) is 24.3 Å². The molecule has 0 saturated heterocycles. The van der Waals surface area contributed by atoms with Gasteiger partial charge in [0.05, 0.1) is 7.11 Å². The third-order valence-corrected chi connectivity index (χ3v) is 4.39. The zero-order valence-electron chi connectivity index (χ0n) is 12.9. The average Bonchev–Trinajstić information content (AvgIpc) is 2.62. The van der Waals surface area contributed by atoms with Crippen LogP contribution in [-0.2, 0) is 0 Å². The molecule has 1 aliphatic rings. The topological polar surface area (TPSA) is 21.3 Å². The van der Waals surface area contributed by atoms with E-state index >= 15 is 0 Å². The van der Waals surface area contributed by atoms with Crippen LogP contribution in [0, 0.1) is 11.3 Å². The van der Waals surface area contributed by atoms with Gasteiger partial charge in [-0.2, -0.15) is 0 Å². The quantitative estimate of drug-likeness (QED) is 0.878. The average molecular weight is 261 g/mol. The van der Waals surface area contributed by atoms with Crippen LogP contribution in [0.1, 0.15) is 52.1 Å². The summed E-state index contributed by atoms with van der Waals surface area (Å²) in [5, 5.41) is 3.80. The fraction of sp³-hybridized carbons (Fsp3) is 0.647. The van der Waals surface area contributed by atoms with E-state index in [2.05, 4.69) is 51.2 Å². The fourth-order valence-electron chi connectivity index (χ4n) is 3.45. The summed E-state index contributed by atoms with van der Waals surface area (Å²) >= 11 is 0. The third kappa shape index (κ3) is 3.50. The van der Waals surface area contributed by atoms with Gasteiger partial charge in [-0.05, 0) is 48.8 Å². The van der Waals surface area contributed by atoms with Crippen molar-refractivity contribution in [3.63, 3.8) is 0 Å². The van der Waals surface area contributed by atoms with E-state index in [1.807, 2.05) is 6.07 Å². The molecule has 1 aromatic rings. The molecule has 1 N–H and O–H groups in total. The summed E-state index contributed by atoms with van der Waals surface area (Å²) < 4.78 is 5.30. The van der Waals surface area contributed by atoms with Gasteiger partial charge in [-0.1, -0.05) is 32.9 Å². The van der Waals surface area contributed by atoms with Crippen LogP contribution in [0.5, 0.6) is 5.75 Å². The molecule has 0 heterocycles. The van der Waals surface area contributed by atoms with Crippen LogP contribution >= 0.6 is 0 Å². The number of hydrogen-bond acceptors (Lipinski definition) is 2. The van der Waals surface area contributed by atoms with E-state index in [9.17, 15) is 0 Å². The van der Waals surface area contributed by atoms with Crippen molar-refractivity contribution in [3.8, 4) is 5.75 Å². The second-order valence-electron chi connectivity index (χ2n) is 6.82. The molecule has 0 aliphatic heterocycles. The van der Waals surface area contributed by atoms with E-state index in [1.165, 1.54) is 18.4 Å². The van der Waals surface area contributed by atoms with Crippen LogP contribution in [0.25, 0.3) is 0 Å². The van der Waals surface area contributed by atoms with Crippen molar-refractivity contribution >= 4 is 0 Å². The lowest BCUT2D eigenvalue weighted by atomic mass is 9.91. The van der Waals surface area contributed by atoms with E-state index < -0.39 is 0 Å². The second-order valence-corrected chi connectivity index (χ2v) is 6.82. The van der Waals surface area contributed by atoms with Crippen LogP contribution in [0.2, 0.25) is 0 Å². The van der Waals surface area contributed by atoms with Crippen molar-refractivity contribution in [2.45, 2.75) is 52.6 Å². The smallest absolute Gasteiger partial charge is 0.119 e. The van der Waals surface area contributed by atoms with E-state index in [4.69, 9.17) is 4.74 Å². The van der Waals surface area contributed by atoms with Gasteiger partial charge in [0.15, 0.2) is 0 Å². The first-order valence-corrected chi connectivity index (χ1v) is 7.31. The predicted octanol–water partition coefficient (Wildman–Crippen LogP) is 4.17. The molecular formula is C17H27NO. The van der Waals surface area contributed by atoms with Gasteiger partial charge < -0.3 is 10.1 Å². The van der Waals surface area contributed by atoms with Crippen LogP contribution < -0.4 is 10.1 Å². The molecule has 2 rings (SSSR count). The monoisotopic (exact) mass is 261 g/mol. The Kier molecular flexibility index (Phi) is 4.19. The molecule has 0 radical (unpaired) electrons. The summed E-state index contributed by atoms with van der Waals surface area (Å²) in [5.41, 5.74) is 1.78. The fourth-order valence-corrected chi connectivity index (χ4v) is 3.45. The SMILES string of the molecule is COc1cccc([C@H](C)NC2CC(C)(C)CC2C)c1. The van der Waals surface area contributed by atoms with E-state index in [0.717, 1.165) is 11.7 Å². The highest BCUT2D eigenvalue weighted by Crippen LogP contribution is 2.41. The Morgan fingerprint density at radius 1 is 1.32 bits per heavy atom. The maximum atomic E-state index is 5.30. The Bertz CT molecular complexity index is 427. The van der Waals surface area contributed by atoms with Gasteiger partial charge in [-0.3, -0.25) is 0 Å². The van der Waals surface area contributed by atoms with E-state index in [0.29, 0.717) is 17.5 Å². The molecule has 0 aromatic heterocycles. The molecule has 2 unspecified atom stereocenters. The number of rotatable bonds is 4. The van der Waals surface area contributed by atoms with Crippen molar-refractivity contribution in [1.29, 1.82) is 0 Å². The van der Waals surface area contributed by atoms with Crippen LogP contribution in [0.3, 0.4) is 0 Å². The summed E-state index contributed by atoms with van der Waals surface area (Å²) in [6.45, 7) is 9.36. The minimum atomic E-state index is 0.372. The summed E-state index contributed by atoms with van der Waals surface area (Å²) in [5.74, 6) is 1.69. The lowest BCUT2D eigenvalue weighted by Crippen LogP contribution is -2.33. The van der Waals surface area contributed by atoms with Gasteiger partial charge in [0.1, 0.15) is 5.75 Å². The molecule has 2 nitrogen and oxygen atoms in total. The summed E-state index contributed by atoms with van der Waals surface area (Å²) in [6.07, 6.45) is 2.58. The maximum Gasteiger partial charge on any atom is 0.119 e. The Morgan fingerprint density at radius 3 is 2.63 bits per heavy atom. The van der Waals surface area contributed by atoms with Crippen LogP contribution in [0.4, 0.5) is 0 Å². The summed E-state index contributed by atoms with van der Waals surface area (Å²) in [4.78, 5) is 0. The predicted molar refractivity (Wildman–Crippen MR) is 80.5 cm³/mol. The molecule has 0 spiro atoms. The minimum Gasteiger partial charge on any atom is -0.497 e. The van der Waals surface area contributed by atoms with Gasteiger partial charge in [0, 0.05) is 12.1 Å². The largest absolute Gasteiger partial charge is 0.497 e. The number of nitrogens with one attached hydrogen (secondary N) is 1. The van der Waals surface area contributed by atoms with Gasteiger partial charge >= 0.3 is 0 Å².